The minimum absolute atomic E-state index is 0.0756. The largest absolute Gasteiger partial charge is 0.489 e. The van der Waals surface area contributed by atoms with Crippen LogP contribution in [0.4, 0.5) is 5.69 Å². The topological polar surface area (TPSA) is 99.3 Å². The van der Waals surface area contributed by atoms with Gasteiger partial charge in [0.1, 0.15) is 24.8 Å². The quantitative estimate of drug-likeness (QED) is 0.443. The highest BCUT2D eigenvalue weighted by Gasteiger charge is 2.10. The Morgan fingerprint density at radius 3 is 2.69 bits per heavy atom. The number of nitro groups is 1. The molecule has 1 amide bonds. The molecule has 0 saturated carbocycles. The van der Waals surface area contributed by atoms with Crippen LogP contribution in [0.15, 0.2) is 60.9 Å². The normalized spacial score (nSPS) is 10.5. The highest BCUT2D eigenvalue weighted by molar-refractivity contribution is 5.94. The van der Waals surface area contributed by atoms with Crippen LogP contribution in [0.1, 0.15) is 28.4 Å². The van der Waals surface area contributed by atoms with Gasteiger partial charge in [0.25, 0.3) is 5.91 Å². The lowest BCUT2D eigenvalue weighted by atomic mass is 10.1. The lowest BCUT2D eigenvalue weighted by molar-refractivity contribution is -0.385. The van der Waals surface area contributed by atoms with Crippen LogP contribution in [-0.4, -0.2) is 27.2 Å². The number of benzene rings is 2. The van der Waals surface area contributed by atoms with Crippen LogP contribution in [0.2, 0.25) is 0 Å². The SMILES string of the molecule is CCc1ccc(OCc2cccc(C(=O)NCCn3cc([N+](=O)[O-])cn3)c2)cc1. The molecule has 0 saturated heterocycles. The summed E-state index contributed by atoms with van der Waals surface area (Å²) in [5.74, 6) is 0.561. The first-order valence-electron chi connectivity index (χ1n) is 9.31. The molecule has 1 heterocycles. The van der Waals surface area contributed by atoms with Crippen molar-refractivity contribution in [3.8, 4) is 5.75 Å². The molecular formula is C21H22N4O4. The summed E-state index contributed by atoms with van der Waals surface area (Å²) in [5.41, 5.74) is 2.59. The van der Waals surface area contributed by atoms with Gasteiger partial charge >= 0.3 is 5.69 Å². The van der Waals surface area contributed by atoms with Gasteiger partial charge in [-0.1, -0.05) is 31.2 Å². The van der Waals surface area contributed by atoms with Crippen LogP contribution in [0.25, 0.3) is 0 Å². The Morgan fingerprint density at radius 1 is 1.21 bits per heavy atom. The second-order valence-electron chi connectivity index (χ2n) is 6.46. The number of hydrogen-bond acceptors (Lipinski definition) is 5. The smallest absolute Gasteiger partial charge is 0.306 e. The predicted octanol–water partition coefficient (Wildman–Crippen LogP) is 3.36. The van der Waals surface area contributed by atoms with Crippen molar-refractivity contribution in [1.82, 2.24) is 15.1 Å². The maximum Gasteiger partial charge on any atom is 0.306 e. The Kier molecular flexibility index (Phi) is 6.57. The fourth-order valence-electron chi connectivity index (χ4n) is 2.75. The van der Waals surface area contributed by atoms with Crippen LogP contribution >= 0.6 is 0 Å². The van der Waals surface area contributed by atoms with Crippen LogP contribution in [0.5, 0.6) is 5.75 Å². The first-order valence-corrected chi connectivity index (χ1v) is 9.31. The molecule has 150 valence electrons. The van der Waals surface area contributed by atoms with Crippen LogP contribution in [0, 0.1) is 10.1 Å². The summed E-state index contributed by atoms with van der Waals surface area (Å²) in [6, 6.07) is 15.2. The van der Waals surface area contributed by atoms with E-state index in [1.807, 2.05) is 36.4 Å². The van der Waals surface area contributed by atoms with E-state index >= 15 is 0 Å². The standard InChI is InChI=1S/C21H22N4O4/c1-2-16-6-8-20(9-7-16)29-15-17-4-3-5-18(12-17)21(26)22-10-11-24-14-19(13-23-24)25(27)28/h3-9,12-14H,2,10-11,15H2,1H3,(H,22,26). The molecule has 0 spiro atoms. The molecule has 0 fully saturated rings. The van der Waals surface area contributed by atoms with Crippen molar-refractivity contribution in [3.05, 3.63) is 87.7 Å². The zero-order valence-electron chi connectivity index (χ0n) is 16.1. The lowest BCUT2D eigenvalue weighted by Crippen LogP contribution is -2.27. The van der Waals surface area contributed by atoms with Gasteiger partial charge in [0.2, 0.25) is 0 Å². The number of carbonyl (C=O) groups excluding carboxylic acids is 1. The monoisotopic (exact) mass is 394 g/mol. The lowest BCUT2D eigenvalue weighted by Gasteiger charge is -2.09. The number of rotatable bonds is 9. The molecular weight excluding hydrogens is 372 g/mol. The van der Waals surface area contributed by atoms with E-state index in [-0.39, 0.29) is 11.6 Å². The van der Waals surface area contributed by atoms with Crippen molar-refractivity contribution in [1.29, 1.82) is 0 Å². The molecule has 0 radical (unpaired) electrons. The highest BCUT2D eigenvalue weighted by atomic mass is 16.6. The molecule has 0 aliphatic rings. The molecule has 8 heteroatoms. The average Bonchev–Trinajstić information content (AvgIpc) is 3.22. The summed E-state index contributed by atoms with van der Waals surface area (Å²) in [7, 11) is 0. The summed E-state index contributed by atoms with van der Waals surface area (Å²) >= 11 is 0. The van der Waals surface area contributed by atoms with Gasteiger partial charge in [0.05, 0.1) is 11.5 Å². The minimum atomic E-state index is -0.506. The number of aryl methyl sites for hydroxylation is 1. The fraction of sp³-hybridized carbons (Fsp3) is 0.238. The third kappa shape index (κ3) is 5.65. The molecule has 3 aromatic rings. The number of nitrogens with one attached hydrogen (secondary N) is 1. The van der Waals surface area contributed by atoms with Crippen LogP contribution in [-0.2, 0) is 19.6 Å². The summed E-state index contributed by atoms with van der Waals surface area (Å²) in [5, 5.41) is 17.3. The van der Waals surface area contributed by atoms with Gasteiger partial charge in [0.15, 0.2) is 0 Å². The molecule has 29 heavy (non-hydrogen) atoms. The molecule has 0 atom stereocenters. The van der Waals surface area contributed by atoms with E-state index in [0.29, 0.717) is 25.3 Å². The van der Waals surface area contributed by atoms with Crippen molar-refractivity contribution < 1.29 is 14.5 Å². The number of amides is 1. The fourth-order valence-corrected chi connectivity index (χ4v) is 2.75. The van der Waals surface area contributed by atoms with Gasteiger partial charge in [-0.3, -0.25) is 19.6 Å². The number of aromatic nitrogens is 2. The first-order chi connectivity index (χ1) is 14.0. The molecule has 0 unspecified atom stereocenters. The average molecular weight is 394 g/mol. The Bertz CT molecular complexity index is 982. The van der Waals surface area contributed by atoms with Crippen LogP contribution < -0.4 is 10.1 Å². The molecule has 3 rings (SSSR count). The van der Waals surface area contributed by atoms with Gasteiger partial charge in [-0.25, -0.2) is 0 Å². The summed E-state index contributed by atoms with van der Waals surface area (Å²) in [4.78, 5) is 22.5. The van der Waals surface area contributed by atoms with Gasteiger partial charge in [0, 0.05) is 12.1 Å². The third-order valence-electron chi connectivity index (χ3n) is 4.38. The van der Waals surface area contributed by atoms with E-state index < -0.39 is 4.92 Å². The Labute approximate surface area is 168 Å². The van der Waals surface area contributed by atoms with E-state index in [2.05, 4.69) is 17.3 Å². The van der Waals surface area contributed by atoms with Gasteiger partial charge in [-0.15, -0.1) is 0 Å². The van der Waals surface area contributed by atoms with Gasteiger partial charge < -0.3 is 10.1 Å². The van der Waals surface area contributed by atoms with Crippen molar-refractivity contribution in [2.45, 2.75) is 26.5 Å². The Balaban J connectivity index is 1.50. The molecule has 2 aromatic carbocycles. The van der Waals surface area contributed by atoms with Gasteiger partial charge in [-0.05, 0) is 41.8 Å². The molecule has 0 aliphatic carbocycles. The van der Waals surface area contributed by atoms with Crippen molar-refractivity contribution >= 4 is 11.6 Å². The molecule has 0 bridgehead atoms. The minimum Gasteiger partial charge on any atom is -0.489 e. The zero-order valence-corrected chi connectivity index (χ0v) is 16.1. The maximum absolute atomic E-state index is 12.4. The number of ether oxygens (including phenoxy) is 1. The highest BCUT2D eigenvalue weighted by Crippen LogP contribution is 2.15. The van der Waals surface area contributed by atoms with Crippen molar-refractivity contribution in [3.63, 3.8) is 0 Å². The predicted molar refractivity (Wildman–Crippen MR) is 108 cm³/mol. The number of nitrogens with zero attached hydrogens (tertiary/aromatic N) is 3. The third-order valence-corrected chi connectivity index (χ3v) is 4.38. The molecule has 0 aliphatic heterocycles. The summed E-state index contributed by atoms with van der Waals surface area (Å²) in [6.07, 6.45) is 3.49. The second-order valence-corrected chi connectivity index (χ2v) is 6.46. The summed E-state index contributed by atoms with van der Waals surface area (Å²) in [6.45, 7) is 3.12. The Hall–Kier alpha value is -3.68. The molecule has 8 nitrogen and oxygen atoms in total. The van der Waals surface area contributed by atoms with E-state index in [1.165, 1.54) is 22.6 Å². The van der Waals surface area contributed by atoms with E-state index in [4.69, 9.17) is 4.74 Å². The zero-order chi connectivity index (χ0) is 20.6. The van der Waals surface area contributed by atoms with E-state index in [9.17, 15) is 14.9 Å². The maximum atomic E-state index is 12.4. The summed E-state index contributed by atoms with van der Waals surface area (Å²) < 4.78 is 7.21. The molecule has 1 aromatic heterocycles. The number of hydrogen-bond donors (Lipinski definition) is 1. The molecule has 1 N–H and O–H groups in total. The van der Waals surface area contributed by atoms with E-state index in [0.717, 1.165) is 17.7 Å². The van der Waals surface area contributed by atoms with Crippen molar-refractivity contribution in [2.24, 2.45) is 0 Å². The Morgan fingerprint density at radius 2 is 2.00 bits per heavy atom. The van der Waals surface area contributed by atoms with Gasteiger partial charge in [-0.2, -0.15) is 5.10 Å². The number of carbonyl (C=O) groups is 1. The van der Waals surface area contributed by atoms with Crippen molar-refractivity contribution in [2.75, 3.05) is 6.54 Å². The van der Waals surface area contributed by atoms with Crippen LogP contribution in [0.3, 0.4) is 0 Å². The second kappa shape index (κ2) is 9.50. The van der Waals surface area contributed by atoms with E-state index in [1.54, 1.807) is 12.1 Å². The first kappa shape index (κ1) is 20.1.